The first-order valence-electron chi connectivity index (χ1n) is 10.5. The highest BCUT2D eigenvalue weighted by atomic mass is 16.5. The number of phenolic OH excluding ortho intramolecular Hbond substituents is 1. The van der Waals surface area contributed by atoms with Crippen LogP contribution in [0.5, 0.6) is 11.5 Å². The van der Waals surface area contributed by atoms with Crippen molar-refractivity contribution in [2.75, 3.05) is 6.61 Å². The molecule has 0 bridgehead atoms. The van der Waals surface area contributed by atoms with Gasteiger partial charge in [-0.05, 0) is 59.7 Å². The smallest absolute Gasteiger partial charge is 0.341 e. The first-order chi connectivity index (χ1) is 16.5. The highest BCUT2D eigenvalue weighted by Crippen LogP contribution is 2.24. The van der Waals surface area contributed by atoms with E-state index < -0.39 is 18.4 Å². The number of aliphatic carboxylic acids is 1. The molecule has 4 rings (SSSR count). The molecule has 168 valence electrons. The van der Waals surface area contributed by atoms with Crippen molar-refractivity contribution in [1.29, 1.82) is 0 Å². The van der Waals surface area contributed by atoms with Gasteiger partial charge >= 0.3 is 5.97 Å². The van der Waals surface area contributed by atoms with E-state index in [9.17, 15) is 14.7 Å². The van der Waals surface area contributed by atoms with Crippen molar-refractivity contribution in [3.63, 3.8) is 0 Å². The molecular weight excluding hydrogens is 430 g/mol. The number of carbonyl (C=O) groups excluding carboxylic acids is 1. The molecule has 0 aliphatic rings. The van der Waals surface area contributed by atoms with Crippen molar-refractivity contribution in [2.45, 2.75) is 0 Å². The number of aromatic nitrogens is 1. The molecule has 0 fully saturated rings. The number of carboxylic acid groups (broad SMARTS) is 1. The molecular formula is C28H21NO5. The molecule has 4 aromatic rings. The number of ether oxygens (including phenoxy) is 1. The largest absolute Gasteiger partial charge is 0.507 e. The fourth-order valence-electron chi connectivity index (χ4n) is 3.33. The Bertz CT molecular complexity index is 1420. The Morgan fingerprint density at radius 1 is 0.853 bits per heavy atom. The van der Waals surface area contributed by atoms with E-state index in [-0.39, 0.29) is 17.1 Å². The lowest BCUT2D eigenvalue weighted by Gasteiger charge is -2.06. The van der Waals surface area contributed by atoms with Crippen LogP contribution in [-0.4, -0.2) is 33.6 Å². The molecule has 6 heteroatoms. The number of allylic oxidation sites excluding steroid dienone is 1. The molecule has 1 heterocycles. The number of rotatable bonds is 8. The van der Waals surface area contributed by atoms with Gasteiger partial charge in [0.05, 0.1) is 16.8 Å². The van der Waals surface area contributed by atoms with Crippen LogP contribution in [0.4, 0.5) is 0 Å². The molecule has 1 aromatic heterocycles. The van der Waals surface area contributed by atoms with E-state index >= 15 is 0 Å². The molecule has 0 aliphatic carbocycles. The maximum Gasteiger partial charge on any atom is 0.341 e. The number of benzene rings is 3. The number of aromatic hydroxyl groups is 1. The molecule has 0 amide bonds. The van der Waals surface area contributed by atoms with E-state index in [2.05, 4.69) is 4.98 Å². The molecule has 0 atom stereocenters. The first kappa shape index (κ1) is 22.5. The minimum Gasteiger partial charge on any atom is -0.507 e. The number of nitrogens with zero attached hydrogens (tertiary/aromatic N) is 1. The summed E-state index contributed by atoms with van der Waals surface area (Å²) in [5.74, 6) is -1.59. The molecule has 0 unspecified atom stereocenters. The maximum atomic E-state index is 12.6. The van der Waals surface area contributed by atoms with Gasteiger partial charge in [-0.2, -0.15) is 0 Å². The summed E-state index contributed by atoms with van der Waals surface area (Å²) in [6, 6.07) is 23.6. The lowest BCUT2D eigenvalue weighted by Crippen LogP contribution is -2.09. The highest BCUT2D eigenvalue weighted by Gasteiger charge is 2.11. The fraction of sp³-hybridized carbons (Fsp3) is 0.0357. The SMILES string of the molecule is O=C(O)COc1ccc(O)c(C(=O)/C=C/c2cccc(/C=C/c3ccc4ccccc4n3)c2)c1. The standard InChI is InChI=1S/C28H21NO5/c30-26(24-17-23(13-15-27(24)31)34-18-28(32)33)14-9-20-5-3-4-19(16-20)8-11-22-12-10-21-6-1-2-7-25(21)29-22/h1-17,31H,18H2,(H,32,33)/b11-8+,14-9+. The molecule has 0 radical (unpaired) electrons. The summed E-state index contributed by atoms with van der Waals surface area (Å²) < 4.78 is 5.08. The minimum absolute atomic E-state index is 0.0255. The molecule has 2 N–H and O–H groups in total. The normalized spacial score (nSPS) is 11.3. The molecule has 0 spiro atoms. The fourth-order valence-corrected chi connectivity index (χ4v) is 3.33. The monoisotopic (exact) mass is 451 g/mol. The lowest BCUT2D eigenvalue weighted by atomic mass is 10.1. The van der Waals surface area contributed by atoms with E-state index in [1.54, 1.807) is 6.08 Å². The van der Waals surface area contributed by atoms with Crippen LogP contribution >= 0.6 is 0 Å². The second kappa shape index (κ2) is 10.3. The van der Waals surface area contributed by atoms with Crippen LogP contribution in [0.25, 0.3) is 29.1 Å². The third kappa shape index (κ3) is 5.75. The summed E-state index contributed by atoms with van der Waals surface area (Å²) in [6.07, 6.45) is 6.88. The number of carboxylic acids is 1. The molecule has 0 saturated heterocycles. The van der Waals surface area contributed by atoms with E-state index in [1.165, 1.54) is 24.3 Å². The third-order valence-corrected chi connectivity index (χ3v) is 5.00. The highest BCUT2D eigenvalue weighted by molar-refractivity contribution is 6.08. The van der Waals surface area contributed by atoms with Gasteiger partial charge in [-0.3, -0.25) is 4.79 Å². The van der Waals surface area contributed by atoms with E-state index in [4.69, 9.17) is 9.84 Å². The van der Waals surface area contributed by atoms with Gasteiger partial charge in [-0.15, -0.1) is 0 Å². The van der Waals surface area contributed by atoms with Crippen LogP contribution in [0.15, 0.2) is 84.9 Å². The van der Waals surface area contributed by atoms with Crippen molar-refractivity contribution in [1.82, 2.24) is 4.98 Å². The predicted molar refractivity (Wildman–Crippen MR) is 132 cm³/mol. The summed E-state index contributed by atoms with van der Waals surface area (Å²) in [5.41, 5.74) is 3.55. The zero-order valence-electron chi connectivity index (χ0n) is 18.1. The van der Waals surface area contributed by atoms with Gasteiger partial charge in [-0.25, -0.2) is 9.78 Å². The van der Waals surface area contributed by atoms with Crippen LogP contribution in [0.1, 0.15) is 27.2 Å². The Morgan fingerprint density at radius 2 is 1.65 bits per heavy atom. The van der Waals surface area contributed by atoms with Gasteiger partial charge in [0, 0.05) is 5.39 Å². The Labute approximate surface area is 196 Å². The Kier molecular flexibility index (Phi) is 6.79. The quantitative estimate of drug-likeness (QED) is 0.272. The first-order valence-corrected chi connectivity index (χ1v) is 10.5. The maximum absolute atomic E-state index is 12.6. The number of para-hydroxylation sites is 1. The zero-order chi connectivity index (χ0) is 23.9. The average molecular weight is 451 g/mol. The molecule has 6 nitrogen and oxygen atoms in total. The van der Waals surface area contributed by atoms with Crippen molar-refractivity contribution < 1.29 is 24.5 Å². The van der Waals surface area contributed by atoms with Crippen LogP contribution in [0.2, 0.25) is 0 Å². The van der Waals surface area contributed by atoms with Gasteiger partial charge in [0.15, 0.2) is 12.4 Å². The zero-order valence-corrected chi connectivity index (χ0v) is 18.1. The summed E-state index contributed by atoms with van der Waals surface area (Å²) >= 11 is 0. The van der Waals surface area contributed by atoms with Crippen LogP contribution < -0.4 is 4.74 Å². The topological polar surface area (TPSA) is 96.7 Å². The van der Waals surface area contributed by atoms with Crippen molar-refractivity contribution in [2.24, 2.45) is 0 Å². The van der Waals surface area contributed by atoms with E-state index in [0.29, 0.717) is 0 Å². The van der Waals surface area contributed by atoms with Gasteiger partial charge in [0.2, 0.25) is 0 Å². The predicted octanol–water partition coefficient (Wildman–Crippen LogP) is 5.47. The number of phenols is 1. The van der Waals surface area contributed by atoms with Gasteiger partial charge in [0.25, 0.3) is 0 Å². The summed E-state index contributed by atoms with van der Waals surface area (Å²) in [7, 11) is 0. The number of pyridine rings is 1. The van der Waals surface area contributed by atoms with Crippen molar-refractivity contribution in [3.8, 4) is 11.5 Å². The average Bonchev–Trinajstić information content (AvgIpc) is 2.85. The number of hydrogen-bond acceptors (Lipinski definition) is 5. The second-order valence-corrected chi connectivity index (χ2v) is 7.49. The minimum atomic E-state index is -1.13. The van der Waals surface area contributed by atoms with Gasteiger partial charge in [0.1, 0.15) is 11.5 Å². The Balaban J connectivity index is 1.48. The summed E-state index contributed by atoms with van der Waals surface area (Å²) in [6.45, 7) is -0.538. The molecule has 0 saturated carbocycles. The second-order valence-electron chi connectivity index (χ2n) is 7.49. The van der Waals surface area contributed by atoms with E-state index in [0.717, 1.165) is 27.7 Å². The number of fused-ring (bicyclic) bond motifs is 1. The third-order valence-electron chi connectivity index (χ3n) is 5.00. The Hall–Kier alpha value is -4.71. The summed E-state index contributed by atoms with van der Waals surface area (Å²) in [5, 5.41) is 19.8. The Morgan fingerprint density at radius 3 is 2.47 bits per heavy atom. The number of hydrogen-bond donors (Lipinski definition) is 2. The van der Waals surface area contributed by atoms with Gasteiger partial charge < -0.3 is 14.9 Å². The van der Waals surface area contributed by atoms with Crippen molar-refractivity contribution in [3.05, 3.63) is 107 Å². The number of carbonyl (C=O) groups is 2. The van der Waals surface area contributed by atoms with Crippen LogP contribution in [-0.2, 0) is 4.79 Å². The van der Waals surface area contributed by atoms with Gasteiger partial charge in [-0.1, -0.05) is 54.6 Å². The van der Waals surface area contributed by atoms with Crippen LogP contribution in [0.3, 0.4) is 0 Å². The van der Waals surface area contributed by atoms with Crippen molar-refractivity contribution >= 4 is 40.9 Å². The molecule has 3 aromatic carbocycles. The molecule has 34 heavy (non-hydrogen) atoms. The summed E-state index contributed by atoms with van der Waals surface area (Å²) in [4.78, 5) is 27.9. The number of ketones is 1. The van der Waals surface area contributed by atoms with E-state index in [1.807, 2.05) is 72.8 Å². The molecule has 0 aliphatic heterocycles. The van der Waals surface area contributed by atoms with Crippen LogP contribution in [0, 0.1) is 0 Å². The lowest BCUT2D eigenvalue weighted by molar-refractivity contribution is -0.139.